The first-order valence-corrected chi connectivity index (χ1v) is 5.69. The van der Waals surface area contributed by atoms with E-state index in [1.807, 2.05) is 0 Å². The predicted molar refractivity (Wildman–Crippen MR) is 60.7 cm³/mol. The molecule has 2 heterocycles. The highest BCUT2D eigenvalue weighted by molar-refractivity contribution is 5.35. The number of rotatable bonds is 2. The number of halogens is 2. The van der Waals surface area contributed by atoms with Crippen LogP contribution in [0.5, 0.6) is 0 Å². The van der Waals surface area contributed by atoms with Crippen molar-refractivity contribution >= 4 is 5.69 Å². The number of aryl methyl sites for hydroxylation is 1. The average molecular weight is 276 g/mol. The summed E-state index contributed by atoms with van der Waals surface area (Å²) in [6.07, 6.45) is -1.67. The van der Waals surface area contributed by atoms with Gasteiger partial charge >= 0.3 is 5.69 Å². The van der Waals surface area contributed by atoms with Crippen LogP contribution in [-0.4, -0.2) is 32.8 Å². The van der Waals surface area contributed by atoms with Crippen molar-refractivity contribution in [2.45, 2.75) is 37.5 Å². The summed E-state index contributed by atoms with van der Waals surface area (Å²) < 4.78 is 34.1. The normalized spacial score (nSPS) is 30.3. The Labute approximate surface area is 107 Å². The second kappa shape index (κ2) is 4.49. The van der Waals surface area contributed by atoms with Gasteiger partial charge < -0.3 is 10.5 Å². The molecule has 3 atom stereocenters. The predicted octanol–water partition coefficient (Wildman–Crippen LogP) is 1.14. The third-order valence-electron chi connectivity index (χ3n) is 3.30. The quantitative estimate of drug-likeness (QED) is 0.645. The van der Waals surface area contributed by atoms with E-state index >= 15 is 0 Å². The largest absolute Gasteiger partial charge is 0.367 e. The first-order chi connectivity index (χ1) is 8.74. The minimum Gasteiger partial charge on any atom is -0.367 e. The lowest BCUT2D eigenvalue weighted by atomic mass is 9.94. The van der Waals surface area contributed by atoms with Crippen LogP contribution in [0.4, 0.5) is 14.5 Å². The Morgan fingerprint density at radius 1 is 1.68 bits per heavy atom. The van der Waals surface area contributed by atoms with Gasteiger partial charge in [-0.15, -0.1) is 0 Å². The fraction of sp³-hybridized carbons (Fsp3) is 0.700. The number of ether oxygens (including phenoxy) is 1. The Balaban J connectivity index is 2.38. The van der Waals surface area contributed by atoms with Crippen molar-refractivity contribution in [3.05, 3.63) is 22.0 Å². The van der Waals surface area contributed by atoms with Gasteiger partial charge in [-0.25, -0.2) is 8.78 Å². The summed E-state index contributed by atoms with van der Waals surface area (Å²) in [5.41, 5.74) is 5.08. The van der Waals surface area contributed by atoms with E-state index in [0.717, 1.165) is 6.20 Å². The molecule has 0 aliphatic carbocycles. The van der Waals surface area contributed by atoms with E-state index in [-0.39, 0.29) is 11.4 Å². The van der Waals surface area contributed by atoms with Crippen molar-refractivity contribution in [2.75, 3.05) is 0 Å². The zero-order chi connectivity index (χ0) is 14.4. The molecule has 1 aliphatic rings. The molecular weight excluding hydrogens is 262 g/mol. The van der Waals surface area contributed by atoms with Gasteiger partial charge in [0.1, 0.15) is 18.0 Å². The van der Waals surface area contributed by atoms with E-state index in [1.54, 1.807) is 0 Å². The van der Waals surface area contributed by atoms with Crippen LogP contribution in [0.15, 0.2) is 6.20 Å². The van der Waals surface area contributed by atoms with Crippen LogP contribution in [0.2, 0.25) is 0 Å². The van der Waals surface area contributed by atoms with Gasteiger partial charge in [0, 0.05) is 13.5 Å². The van der Waals surface area contributed by atoms with Crippen LogP contribution in [-0.2, 0) is 11.8 Å². The van der Waals surface area contributed by atoms with Gasteiger partial charge in [-0.05, 0) is 6.92 Å². The van der Waals surface area contributed by atoms with E-state index in [9.17, 15) is 18.9 Å². The monoisotopic (exact) mass is 276 g/mol. The minimum atomic E-state index is -3.14. The summed E-state index contributed by atoms with van der Waals surface area (Å²) in [4.78, 5) is 10.2. The minimum absolute atomic E-state index is 0.0309. The number of hydrogen-bond donors (Lipinski definition) is 1. The number of hydrogen-bond acceptors (Lipinski definition) is 5. The molecule has 1 fully saturated rings. The van der Waals surface area contributed by atoms with E-state index < -0.39 is 35.5 Å². The van der Waals surface area contributed by atoms with Gasteiger partial charge in [-0.3, -0.25) is 14.8 Å². The van der Waals surface area contributed by atoms with Crippen molar-refractivity contribution in [1.29, 1.82) is 0 Å². The molecule has 19 heavy (non-hydrogen) atoms. The lowest BCUT2D eigenvalue weighted by Crippen LogP contribution is -2.54. The molecule has 2 rings (SSSR count). The highest BCUT2D eigenvalue weighted by atomic mass is 19.3. The highest BCUT2D eigenvalue weighted by Crippen LogP contribution is 2.42. The Hall–Kier alpha value is -1.61. The maximum absolute atomic E-state index is 13.8. The molecule has 1 aliphatic heterocycles. The molecular formula is C10H14F2N4O3. The zero-order valence-corrected chi connectivity index (χ0v) is 10.4. The summed E-state index contributed by atoms with van der Waals surface area (Å²) >= 11 is 0. The molecule has 9 heteroatoms. The number of aromatic nitrogens is 2. The maximum atomic E-state index is 13.8. The summed E-state index contributed by atoms with van der Waals surface area (Å²) in [5.74, 6) is -3.14. The van der Waals surface area contributed by atoms with Gasteiger partial charge in [0.25, 0.3) is 5.92 Å². The van der Waals surface area contributed by atoms with Crippen molar-refractivity contribution in [3.63, 3.8) is 0 Å². The summed E-state index contributed by atoms with van der Waals surface area (Å²) in [6.45, 7) is 1.42. The van der Waals surface area contributed by atoms with E-state index in [0.29, 0.717) is 0 Å². The number of nitro groups is 1. The Morgan fingerprint density at radius 3 is 2.84 bits per heavy atom. The van der Waals surface area contributed by atoms with Crippen LogP contribution in [0, 0.1) is 10.1 Å². The van der Waals surface area contributed by atoms with E-state index in [1.165, 1.54) is 18.7 Å². The van der Waals surface area contributed by atoms with Crippen molar-refractivity contribution in [1.82, 2.24) is 9.78 Å². The molecule has 106 valence electrons. The smallest absolute Gasteiger partial charge is 0.312 e. The van der Waals surface area contributed by atoms with Crippen LogP contribution in [0.25, 0.3) is 0 Å². The Kier molecular flexibility index (Phi) is 3.27. The van der Waals surface area contributed by atoms with Crippen molar-refractivity contribution < 1.29 is 18.4 Å². The topological polar surface area (TPSA) is 96.2 Å². The second-order valence-corrected chi connectivity index (χ2v) is 4.62. The number of alkyl halides is 2. The number of nitrogens with two attached hydrogens (primary N) is 1. The molecule has 0 radical (unpaired) electrons. The van der Waals surface area contributed by atoms with Crippen LogP contribution >= 0.6 is 0 Å². The SMILES string of the molecule is CC1OC(c2c([N+](=O)[O-])cnn2C)CC(F)(F)C1N. The Morgan fingerprint density at radius 2 is 2.32 bits per heavy atom. The fourth-order valence-electron chi connectivity index (χ4n) is 2.23. The molecule has 2 N–H and O–H groups in total. The zero-order valence-electron chi connectivity index (χ0n) is 10.4. The van der Waals surface area contributed by atoms with Crippen molar-refractivity contribution in [3.8, 4) is 0 Å². The lowest BCUT2D eigenvalue weighted by molar-refractivity contribution is -0.386. The Bertz CT molecular complexity index is 505. The molecule has 3 unspecified atom stereocenters. The lowest BCUT2D eigenvalue weighted by Gasteiger charge is -2.38. The average Bonchev–Trinajstić information content (AvgIpc) is 2.67. The van der Waals surface area contributed by atoms with E-state index in [2.05, 4.69) is 5.10 Å². The van der Waals surface area contributed by atoms with Gasteiger partial charge in [-0.2, -0.15) is 5.10 Å². The molecule has 1 aromatic rings. The van der Waals surface area contributed by atoms with Gasteiger partial charge in [-0.1, -0.05) is 0 Å². The van der Waals surface area contributed by atoms with Crippen molar-refractivity contribution in [2.24, 2.45) is 12.8 Å². The second-order valence-electron chi connectivity index (χ2n) is 4.62. The van der Waals surface area contributed by atoms with Crippen LogP contribution < -0.4 is 5.73 Å². The molecule has 0 saturated carbocycles. The summed E-state index contributed by atoms with van der Waals surface area (Å²) in [6, 6.07) is -1.42. The molecule has 0 aromatic carbocycles. The third kappa shape index (κ3) is 2.30. The molecule has 7 nitrogen and oxygen atoms in total. The maximum Gasteiger partial charge on any atom is 0.312 e. The van der Waals surface area contributed by atoms with Gasteiger partial charge in [0.15, 0.2) is 0 Å². The summed E-state index contributed by atoms with van der Waals surface area (Å²) in [5, 5.41) is 14.6. The molecule has 0 spiro atoms. The fourth-order valence-corrected chi connectivity index (χ4v) is 2.23. The van der Waals surface area contributed by atoms with Gasteiger partial charge in [0.05, 0.1) is 17.1 Å². The molecule has 1 aromatic heterocycles. The summed E-state index contributed by atoms with van der Waals surface area (Å²) in [7, 11) is 1.45. The van der Waals surface area contributed by atoms with Gasteiger partial charge in [0.2, 0.25) is 0 Å². The van der Waals surface area contributed by atoms with E-state index in [4.69, 9.17) is 10.5 Å². The first-order valence-electron chi connectivity index (χ1n) is 5.69. The van der Waals surface area contributed by atoms with Crippen LogP contribution in [0.3, 0.4) is 0 Å². The third-order valence-corrected chi connectivity index (χ3v) is 3.30. The van der Waals surface area contributed by atoms with Crippen LogP contribution in [0.1, 0.15) is 25.1 Å². The highest BCUT2D eigenvalue weighted by Gasteiger charge is 2.50. The number of nitrogens with zero attached hydrogens (tertiary/aromatic N) is 3. The molecule has 0 bridgehead atoms. The molecule has 1 saturated heterocycles. The molecule has 0 amide bonds. The standard InChI is InChI=1S/C10H14F2N4O3/c1-5-9(13)10(11,12)3-7(19-5)8-6(16(17)18)4-14-15(8)2/h4-5,7,9H,3,13H2,1-2H3. The first kappa shape index (κ1) is 13.8.